The van der Waals surface area contributed by atoms with Crippen molar-refractivity contribution < 1.29 is 14.3 Å². The van der Waals surface area contributed by atoms with Gasteiger partial charge in [-0.3, -0.25) is 9.59 Å². The van der Waals surface area contributed by atoms with Crippen LogP contribution in [-0.4, -0.2) is 52.2 Å². The minimum Gasteiger partial charge on any atom is -0.497 e. The summed E-state index contributed by atoms with van der Waals surface area (Å²) in [5, 5.41) is 7.94. The van der Waals surface area contributed by atoms with Crippen LogP contribution >= 0.6 is 11.3 Å². The van der Waals surface area contributed by atoms with Crippen molar-refractivity contribution in [1.82, 2.24) is 19.7 Å². The van der Waals surface area contributed by atoms with Crippen molar-refractivity contribution in [2.45, 2.75) is 26.8 Å². The van der Waals surface area contributed by atoms with Crippen molar-refractivity contribution in [3.63, 3.8) is 0 Å². The maximum atomic E-state index is 13.5. The second kappa shape index (κ2) is 9.64. The average Bonchev–Trinajstić information content (AvgIpc) is 3.44. The first-order chi connectivity index (χ1) is 16.3. The number of carbonyl (C=O) groups is 2. The first-order valence-electron chi connectivity index (χ1n) is 10.9. The van der Waals surface area contributed by atoms with E-state index in [-0.39, 0.29) is 24.4 Å². The van der Waals surface area contributed by atoms with Crippen molar-refractivity contribution in [3.8, 4) is 16.3 Å². The van der Waals surface area contributed by atoms with Crippen LogP contribution in [0.4, 0.5) is 5.69 Å². The number of rotatable bonds is 7. The summed E-state index contributed by atoms with van der Waals surface area (Å²) in [5.41, 5.74) is 2.47. The molecule has 0 bridgehead atoms. The molecule has 9 heteroatoms. The Bertz CT molecular complexity index is 1340. The number of aryl methyl sites for hydroxylation is 1. The molecule has 0 atom stereocenters. The molecule has 2 amide bonds. The molecular weight excluding hydrogens is 450 g/mol. The van der Waals surface area contributed by atoms with Gasteiger partial charge in [0, 0.05) is 23.7 Å². The molecule has 176 valence electrons. The van der Waals surface area contributed by atoms with Gasteiger partial charge in [-0.1, -0.05) is 0 Å². The lowest BCUT2D eigenvalue weighted by atomic mass is 10.1. The van der Waals surface area contributed by atoms with E-state index in [0.29, 0.717) is 33.7 Å². The molecule has 3 aromatic heterocycles. The number of pyridine rings is 1. The highest BCUT2D eigenvalue weighted by Crippen LogP contribution is 2.31. The minimum absolute atomic E-state index is 0.0845. The van der Waals surface area contributed by atoms with Gasteiger partial charge in [0.15, 0.2) is 5.65 Å². The third-order valence-electron chi connectivity index (χ3n) is 5.38. The zero-order valence-electron chi connectivity index (χ0n) is 19.8. The molecule has 0 unspecified atom stereocenters. The summed E-state index contributed by atoms with van der Waals surface area (Å²) in [7, 11) is 3.20. The van der Waals surface area contributed by atoms with Gasteiger partial charge in [-0.2, -0.15) is 5.10 Å². The lowest BCUT2D eigenvalue weighted by Crippen LogP contribution is -2.35. The molecule has 0 saturated carbocycles. The summed E-state index contributed by atoms with van der Waals surface area (Å²) < 4.78 is 6.95. The SMILES string of the molecule is COc1ccc(NC(=O)CN(C)C(=O)c2cc(-c3ccc(C)s3)nc3c2cnn3C(C)C)cc1. The van der Waals surface area contributed by atoms with Crippen LogP contribution in [0.1, 0.15) is 35.1 Å². The van der Waals surface area contributed by atoms with E-state index in [1.165, 1.54) is 4.90 Å². The van der Waals surface area contributed by atoms with E-state index in [1.54, 1.807) is 62.0 Å². The number of ether oxygens (including phenoxy) is 1. The number of nitrogens with zero attached hydrogens (tertiary/aromatic N) is 4. The monoisotopic (exact) mass is 477 g/mol. The molecule has 0 spiro atoms. The Hall–Kier alpha value is -3.72. The number of aromatic nitrogens is 3. The molecule has 0 saturated heterocycles. The zero-order valence-corrected chi connectivity index (χ0v) is 20.6. The van der Waals surface area contributed by atoms with Gasteiger partial charge >= 0.3 is 0 Å². The molecule has 0 aliphatic carbocycles. The number of anilines is 1. The van der Waals surface area contributed by atoms with Crippen LogP contribution in [0.5, 0.6) is 5.75 Å². The van der Waals surface area contributed by atoms with Gasteiger partial charge in [-0.05, 0) is 63.2 Å². The zero-order chi connectivity index (χ0) is 24.4. The topological polar surface area (TPSA) is 89.3 Å². The summed E-state index contributed by atoms with van der Waals surface area (Å²) in [6, 6.07) is 12.9. The number of fused-ring (bicyclic) bond motifs is 1. The fourth-order valence-electron chi connectivity index (χ4n) is 3.64. The van der Waals surface area contributed by atoms with Gasteiger partial charge in [-0.15, -0.1) is 11.3 Å². The largest absolute Gasteiger partial charge is 0.497 e. The fourth-order valence-corrected chi connectivity index (χ4v) is 4.47. The van der Waals surface area contributed by atoms with Gasteiger partial charge in [-0.25, -0.2) is 9.67 Å². The number of nitrogens with one attached hydrogen (secondary N) is 1. The molecule has 4 aromatic rings. The maximum absolute atomic E-state index is 13.5. The quantitative estimate of drug-likeness (QED) is 0.414. The maximum Gasteiger partial charge on any atom is 0.254 e. The van der Waals surface area contributed by atoms with Crippen molar-refractivity contribution in [3.05, 3.63) is 59.1 Å². The Morgan fingerprint density at radius 2 is 1.91 bits per heavy atom. The molecule has 0 radical (unpaired) electrons. The Balaban J connectivity index is 1.62. The van der Waals surface area contributed by atoms with E-state index in [1.807, 2.05) is 37.6 Å². The highest BCUT2D eigenvalue weighted by atomic mass is 32.1. The van der Waals surface area contributed by atoms with Crippen LogP contribution < -0.4 is 10.1 Å². The molecule has 0 aliphatic rings. The van der Waals surface area contributed by atoms with Crippen molar-refractivity contribution in [2.24, 2.45) is 0 Å². The molecule has 1 aromatic carbocycles. The van der Waals surface area contributed by atoms with Crippen molar-refractivity contribution in [1.29, 1.82) is 0 Å². The predicted molar refractivity (Wildman–Crippen MR) is 135 cm³/mol. The van der Waals surface area contributed by atoms with Crippen LogP contribution in [0.3, 0.4) is 0 Å². The summed E-state index contributed by atoms with van der Waals surface area (Å²) in [5.74, 6) is 0.138. The smallest absolute Gasteiger partial charge is 0.254 e. The van der Waals surface area contributed by atoms with E-state index in [9.17, 15) is 9.59 Å². The lowest BCUT2D eigenvalue weighted by molar-refractivity contribution is -0.116. The second-order valence-electron chi connectivity index (χ2n) is 8.32. The molecule has 34 heavy (non-hydrogen) atoms. The van der Waals surface area contributed by atoms with Gasteiger partial charge in [0.2, 0.25) is 5.91 Å². The summed E-state index contributed by atoms with van der Waals surface area (Å²) in [6.07, 6.45) is 1.67. The van der Waals surface area contributed by atoms with Crippen molar-refractivity contribution in [2.75, 3.05) is 26.0 Å². The molecular formula is C25H27N5O3S. The predicted octanol–water partition coefficient (Wildman–Crippen LogP) is 4.77. The first-order valence-corrected chi connectivity index (χ1v) is 11.7. The molecule has 0 aliphatic heterocycles. The number of methoxy groups -OCH3 is 1. The Kier molecular flexibility index (Phi) is 6.65. The van der Waals surface area contributed by atoms with Gasteiger partial charge in [0.25, 0.3) is 5.91 Å². The van der Waals surface area contributed by atoms with E-state index in [2.05, 4.69) is 10.4 Å². The number of amides is 2. The highest BCUT2D eigenvalue weighted by Gasteiger charge is 2.22. The van der Waals surface area contributed by atoms with Crippen molar-refractivity contribution >= 4 is 39.9 Å². The van der Waals surface area contributed by atoms with Crippen LogP contribution in [-0.2, 0) is 4.79 Å². The highest BCUT2D eigenvalue weighted by molar-refractivity contribution is 7.15. The van der Waals surface area contributed by atoms with E-state index in [0.717, 1.165) is 9.75 Å². The molecule has 0 fully saturated rings. The normalized spacial score (nSPS) is 11.1. The molecule has 8 nitrogen and oxygen atoms in total. The van der Waals surface area contributed by atoms with E-state index < -0.39 is 0 Å². The van der Waals surface area contributed by atoms with Crippen LogP contribution in [0.15, 0.2) is 48.7 Å². The number of hydrogen-bond acceptors (Lipinski definition) is 6. The standard InChI is InChI=1S/C25H27N5O3S/c1-15(2)30-24-20(13-26-30)19(12-21(28-24)22-11-6-16(3)34-22)25(32)29(4)14-23(31)27-17-7-9-18(33-5)10-8-17/h6-13,15H,14H2,1-5H3,(H,27,31). The van der Waals surface area contributed by atoms with Gasteiger partial charge in [0.05, 0.1) is 41.4 Å². The van der Waals surface area contributed by atoms with E-state index in [4.69, 9.17) is 9.72 Å². The number of benzene rings is 1. The first kappa shape index (κ1) is 23.4. The summed E-state index contributed by atoms with van der Waals surface area (Å²) in [4.78, 5) is 34.4. The number of carbonyl (C=O) groups excluding carboxylic acids is 2. The minimum atomic E-state index is -0.293. The average molecular weight is 478 g/mol. The van der Waals surface area contributed by atoms with Crippen LogP contribution in [0.2, 0.25) is 0 Å². The fraction of sp³-hybridized carbons (Fsp3) is 0.280. The Labute approximate surface area is 202 Å². The third kappa shape index (κ3) is 4.79. The number of hydrogen-bond donors (Lipinski definition) is 1. The molecule has 4 rings (SSSR count). The van der Waals surface area contributed by atoms with Crippen LogP contribution in [0.25, 0.3) is 21.6 Å². The van der Waals surface area contributed by atoms with Gasteiger partial charge in [0.1, 0.15) is 5.75 Å². The molecule has 1 N–H and O–H groups in total. The van der Waals surface area contributed by atoms with Gasteiger partial charge < -0.3 is 15.0 Å². The lowest BCUT2D eigenvalue weighted by Gasteiger charge is -2.18. The second-order valence-corrected chi connectivity index (χ2v) is 9.61. The van der Waals surface area contributed by atoms with E-state index >= 15 is 0 Å². The summed E-state index contributed by atoms with van der Waals surface area (Å²) in [6.45, 7) is 5.98. The third-order valence-corrected chi connectivity index (χ3v) is 6.40. The number of likely N-dealkylation sites (N-methyl/N-ethyl adjacent to an activating group) is 1. The van der Waals surface area contributed by atoms with Crippen LogP contribution in [0, 0.1) is 6.92 Å². The molecule has 3 heterocycles. The number of thiophene rings is 1. The summed E-state index contributed by atoms with van der Waals surface area (Å²) >= 11 is 1.62. The Morgan fingerprint density at radius 3 is 2.53 bits per heavy atom. The Morgan fingerprint density at radius 1 is 1.18 bits per heavy atom.